The Morgan fingerprint density at radius 3 is 2.67 bits per heavy atom. The van der Waals surface area contributed by atoms with Crippen LogP contribution in [0.1, 0.15) is 59.1 Å². The number of nitrogens with zero attached hydrogens (tertiary/aromatic N) is 1. The van der Waals surface area contributed by atoms with Gasteiger partial charge >= 0.3 is 0 Å². The standard InChI is InChI=1S/C19H30N4O/c1-5-6-7-8-13(4)21-15-11-17-16(10-14(15)20)23-19(24)18(22-17)9-12(2)3/h10-13,21H,5-9,20H2,1-4H3,(H,23,24). The Hall–Kier alpha value is -2.04. The maximum Gasteiger partial charge on any atom is 0.270 e. The summed E-state index contributed by atoms with van der Waals surface area (Å²) in [5.74, 6) is 0.390. The molecular formula is C19H30N4O. The number of nitrogen functional groups attached to an aromatic ring is 1. The number of anilines is 2. The normalized spacial score (nSPS) is 12.7. The second-order valence-corrected chi connectivity index (χ2v) is 7.11. The van der Waals surface area contributed by atoms with E-state index in [0.29, 0.717) is 35.3 Å². The first-order chi connectivity index (χ1) is 11.4. The molecule has 0 spiro atoms. The monoisotopic (exact) mass is 330 g/mol. The lowest BCUT2D eigenvalue weighted by molar-refractivity contribution is 0.615. The van der Waals surface area contributed by atoms with E-state index in [4.69, 9.17) is 5.73 Å². The highest BCUT2D eigenvalue weighted by molar-refractivity contribution is 5.86. The summed E-state index contributed by atoms with van der Waals surface area (Å²) >= 11 is 0. The number of fused-ring (bicyclic) bond motifs is 1. The van der Waals surface area contributed by atoms with Crippen LogP contribution in [0.5, 0.6) is 0 Å². The molecule has 2 rings (SSSR count). The Bertz CT molecular complexity index is 736. The molecule has 0 aliphatic carbocycles. The minimum atomic E-state index is -0.121. The summed E-state index contributed by atoms with van der Waals surface area (Å²) in [7, 11) is 0. The number of unbranched alkanes of at least 4 members (excludes halogenated alkanes) is 2. The fourth-order valence-corrected chi connectivity index (χ4v) is 2.88. The molecule has 1 heterocycles. The molecule has 132 valence electrons. The van der Waals surface area contributed by atoms with Crippen molar-refractivity contribution in [2.45, 2.75) is 65.8 Å². The number of aromatic amines is 1. The summed E-state index contributed by atoms with van der Waals surface area (Å²) in [6.07, 6.45) is 5.47. The minimum absolute atomic E-state index is 0.121. The molecule has 1 aromatic carbocycles. The van der Waals surface area contributed by atoms with Crippen LogP contribution in [-0.4, -0.2) is 16.0 Å². The lowest BCUT2D eigenvalue weighted by Crippen LogP contribution is -2.18. The maximum atomic E-state index is 12.1. The molecule has 1 atom stereocenters. The van der Waals surface area contributed by atoms with E-state index in [2.05, 4.69) is 43.0 Å². The summed E-state index contributed by atoms with van der Waals surface area (Å²) in [4.78, 5) is 19.6. The molecule has 0 saturated heterocycles. The molecule has 0 amide bonds. The van der Waals surface area contributed by atoms with E-state index in [1.54, 1.807) is 6.07 Å². The van der Waals surface area contributed by atoms with Crippen LogP contribution in [0.15, 0.2) is 16.9 Å². The second-order valence-electron chi connectivity index (χ2n) is 7.11. The smallest absolute Gasteiger partial charge is 0.270 e. The van der Waals surface area contributed by atoms with Gasteiger partial charge in [-0.3, -0.25) is 4.79 Å². The molecule has 24 heavy (non-hydrogen) atoms. The SMILES string of the molecule is CCCCCC(C)Nc1cc2nc(CC(C)C)c(=O)[nH]c2cc1N. The zero-order chi connectivity index (χ0) is 17.7. The molecule has 1 aromatic heterocycles. The highest BCUT2D eigenvalue weighted by Gasteiger charge is 2.11. The fourth-order valence-electron chi connectivity index (χ4n) is 2.88. The Labute approximate surface area is 144 Å². The van der Waals surface area contributed by atoms with Crippen LogP contribution in [0, 0.1) is 5.92 Å². The molecule has 0 fully saturated rings. The Morgan fingerprint density at radius 1 is 1.25 bits per heavy atom. The van der Waals surface area contributed by atoms with Gasteiger partial charge in [-0.2, -0.15) is 0 Å². The fraction of sp³-hybridized carbons (Fsp3) is 0.579. The number of hydrogen-bond donors (Lipinski definition) is 3. The number of nitrogens with two attached hydrogens (primary N) is 1. The third kappa shape index (κ3) is 4.73. The highest BCUT2D eigenvalue weighted by Crippen LogP contribution is 2.25. The van der Waals surface area contributed by atoms with Crippen molar-refractivity contribution >= 4 is 22.4 Å². The van der Waals surface area contributed by atoms with Crippen LogP contribution in [0.3, 0.4) is 0 Å². The van der Waals surface area contributed by atoms with Gasteiger partial charge in [-0.15, -0.1) is 0 Å². The number of aromatic nitrogens is 2. The molecule has 5 nitrogen and oxygen atoms in total. The second kappa shape index (κ2) is 8.18. The average Bonchev–Trinajstić information content (AvgIpc) is 2.49. The summed E-state index contributed by atoms with van der Waals surface area (Å²) in [5, 5.41) is 3.48. The Kier molecular flexibility index (Phi) is 6.23. The van der Waals surface area contributed by atoms with Crippen LogP contribution in [0.4, 0.5) is 11.4 Å². The number of H-pyrrole nitrogens is 1. The third-order valence-electron chi connectivity index (χ3n) is 4.18. The van der Waals surface area contributed by atoms with Gasteiger partial charge in [0.1, 0.15) is 5.69 Å². The van der Waals surface area contributed by atoms with Crippen molar-refractivity contribution < 1.29 is 0 Å². The Morgan fingerprint density at radius 2 is 2.00 bits per heavy atom. The van der Waals surface area contributed by atoms with E-state index in [1.165, 1.54) is 19.3 Å². The van der Waals surface area contributed by atoms with Crippen LogP contribution in [0.25, 0.3) is 11.0 Å². The molecule has 2 aromatic rings. The first-order valence-corrected chi connectivity index (χ1v) is 8.99. The van der Waals surface area contributed by atoms with Gasteiger partial charge in [-0.25, -0.2) is 4.98 Å². The van der Waals surface area contributed by atoms with Crippen LogP contribution in [0.2, 0.25) is 0 Å². The van der Waals surface area contributed by atoms with E-state index < -0.39 is 0 Å². The highest BCUT2D eigenvalue weighted by atomic mass is 16.1. The number of nitrogens with one attached hydrogen (secondary N) is 2. The van der Waals surface area contributed by atoms with Crippen LogP contribution in [-0.2, 0) is 6.42 Å². The minimum Gasteiger partial charge on any atom is -0.397 e. The molecule has 1 unspecified atom stereocenters. The van der Waals surface area contributed by atoms with Crippen LogP contribution >= 0.6 is 0 Å². The van der Waals surface area contributed by atoms with E-state index in [9.17, 15) is 4.79 Å². The number of rotatable bonds is 8. The zero-order valence-corrected chi connectivity index (χ0v) is 15.3. The van der Waals surface area contributed by atoms with E-state index in [1.807, 2.05) is 6.07 Å². The van der Waals surface area contributed by atoms with Gasteiger partial charge in [0.2, 0.25) is 0 Å². The summed E-state index contributed by atoms with van der Waals surface area (Å²) in [5.41, 5.74) is 9.61. The van der Waals surface area contributed by atoms with Crippen molar-refractivity contribution in [3.63, 3.8) is 0 Å². The first kappa shape index (κ1) is 18.3. The molecule has 5 heteroatoms. The molecule has 0 aliphatic heterocycles. The quantitative estimate of drug-likeness (QED) is 0.503. The van der Waals surface area contributed by atoms with E-state index >= 15 is 0 Å². The van der Waals surface area contributed by atoms with Gasteiger partial charge in [0.15, 0.2) is 0 Å². The lowest BCUT2D eigenvalue weighted by atomic mass is 10.1. The van der Waals surface area contributed by atoms with Gasteiger partial charge in [0, 0.05) is 6.04 Å². The predicted molar refractivity (Wildman–Crippen MR) is 103 cm³/mol. The van der Waals surface area contributed by atoms with Gasteiger partial charge < -0.3 is 16.0 Å². The molecule has 4 N–H and O–H groups in total. The summed E-state index contributed by atoms with van der Waals surface area (Å²) in [6.45, 7) is 8.54. The van der Waals surface area contributed by atoms with E-state index in [0.717, 1.165) is 17.6 Å². The molecule has 0 aliphatic rings. The first-order valence-electron chi connectivity index (χ1n) is 8.99. The number of benzene rings is 1. The largest absolute Gasteiger partial charge is 0.397 e. The zero-order valence-electron chi connectivity index (χ0n) is 15.3. The predicted octanol–water partition coefficient (Wildman–Crippen LogP) is 4.08. The van der Waals surface area contributed by atoms with Crippen molar-refractivity contribution in [3.8, 4) is 0 Å². The van der Waals surface area contributed by atoms with Crippen LogP contribution < -0.4 is 16.6 Å². The van der Waals surface area contributed by atoms with E-state index in [-0.39, 0.29) is 5.56 Å². The van der Waals surface area contributed by atoms with Crippen molar-refractivity contribution in [1.82, 2.24) is 9.97 Å². The molecular weight excluding hydrogens is 300 g/mol. The van der Waals surface area contributed by atoms with Gasteiger partial charge in [0.25, 0.3) is 5.56 Å². The average molecular weight is 330 g/mol. The number of hydrogen-bond acceptors (Lipinski definition) is 4. The topological polar surface area (TPSA) is 83.8 Å². The summed E-state index contributed by atoms with van der Waals surface area (Å²) < 4.78 is 0. The van der Waals surface area contributed by atoms with Crippen molar-refractivity contribution in [1.29, 1.82) is 0 Å². The summed E-state index contributed by atoms with van der Waals surface area (Å²) in [6, 6.07) is 4.10. The van der Waals surface area contributed by atoms with Gasteiger partial charge in [-0.1, -0.05) is 40.0 Å². The lowest BCUT2D eigenvalue weighted by Gasteiger charge is -2.17. The van der Waals surface area contributed by atoms with Crippen molar-refractivity contribution in [2.24, 2.45) is 5.92 Å². The van der Waals surface area contributed by atoms with Gasteiger partial charge in [0.05, 0.1) is 22.4 Å². The van der Waals surface area contributed by atoms with Crippen molar-refractivity contribution in [2.75, 3.05) is 11.1 Å². The third-order valence-corrected chi connectivity index (χ3v) is 4.18. The Balaban J connectivity index is 2.26. The maximum absolute atomic E-state index is 12.1. The molecule has 0 bridgehead atoms. The molecule has 0 radical (unpaired) electrons. The molecule has 0 saturated carbocycles. The van der Waals surface area contributed by atoms with Crippen molar-refractivity contribution in [3.05, 3.63) is 28.2 Å². The van der Waals surface area contributed by atoms with Gasteiger partial charge in [-0.05, 0) is 37.8 Å².